The number of hydrogen-bond acceptors (Lipinski definition) is 8. The van der Waals surface area contributed by atoms with Crippen molar-refractivity contribution in [1.29, 1.82) is 0 Å². The second-order valence-corrected chi connectivity index (χ2v) is 6.24. The molecule has 0 unspecified atom stereocenters. The molecule has 0 spiro atoms. The van der Waals surface area contributed by atoms with Crippen LogP contribution in [0, 0.1) is 0 Å². The number of hydrogen-bond donors (Lipinski definition) is 1. The molecule has 9 heteroatoms. The van der Waals surface area contributed by atoms with E-state index in [1.54, 1.807) is 20.3 Å². The third-order valence-electron chi connectivity index (χ3n) is 3.64. The number of anilines is 1. The number of amides is 1. The maximum absolute atomic E-state index is 12.2. The Balaban J connectivity index is 1.69. The van der Waals surface area contributed by atoms with Crippen molar-refractivity contribution in [3.05, 3.63) is 41.7 Å². The van der Waals surface area contributed by atoms with Crippen molar-refractivity contribution in [2.24, 2.45) is 0 Å². The number of nitrogens with zero attached hydrogens (tertiary/aromatic N) is 3. The molecule has 1 N–H and O–H groups in total. The normalized spacial score (nSPS) is 10.3. The van der Waals surface area contributed by atoms with E-state index in [9.17, 15) is 4.79 Å². The Bertz CT molecular complexity index is 945. The summed E-state index contributed by atoms with van der Waals surface area (Å²) in [5.41, 5.74) is 1.56. The van der Waals surface area contributed by atoms with Crippen LogP contribution >= 0.6 is 11.3 Å². The molecular weight excluding hydrogens is 368 g/mol. The Morgan fingerprint density at radius 2 is 1.89 bits per heavy atom. The highest BCUT2D eigenvalue weighted by Gasteiger charge is 2.12. The van der Waals surface area contributed by atoms with E-state index in [-0.39, 0.29) is 12.3 Å². The summed E-state index contributed by atoms with van der Waals surface area (Å²) in [7, 11) is 4.67. The zero-order valence-electron chi connectivity index (χ0n) is 15.1. The van der Waals surface area contributed by atoms with E-state index < -0.39 is 0 Å². The van der Waals surface area contributed by atoms with Crippen LogP contribution < -0.4 is 19.5 Å². The van der Waals surface area contributed by atoms with Crippen LogP contribution in [-0.2, 0) is 11.2 Å². The van der Waals surface area contributed by atoms with E-state index in [1.807, 2.05) is 23.6 Å². The van der Waals surface area contributed by atoms with E-state index in [1.165, 1.54) is 24.8 Å². The van der Waals surface area contributed by atoms with Gasteiger partial charge in [-0.15, -0.1) is 11.3 Å². The Kier molecular flexibility index (Phi) is 5.82. The highest BCUT2D eigenvalue weighted by atomic mass is 32.1. The van der Waals surface area contributed by atoms with Gasteiger partial charge in [0.2, 0.25) is 11.8 Å². The smallest absolute Gasteiger partial charge is 0.231 e. The summed E-state index contributed by atoms with van der Waals surface area (Å²) < 4.78 is 15.6. The molecule has 0 atom stereocenters. The van der Waals surface area contributed by atoms with E-state index in [2.05, 4.69) is 20.3 Å². The van der Waals surface area contributed by atoms with Gasteiger partial charge in [-0.3, -0.25) is 4.79 Å². The molecule has 8 nitrogen and oxygen atoms in total. The van der Waals surface area contributed by atoms with Gasteiger partial charge >= 0.3 is 0 Å². The van der Waals surface area contributed by atoms with E-state index in [4.69, 9.17) is 14.2 Å². The predicted molar refractivity (Wildman–Crippen MR) is 102 cm³/mol. The second-order valence-electron chi connectivity index (χ2n) is 5.38. The van der Waals surface area contributed by atoms with Crippen molar-refractivity contribution >= 4 is 23.1 Å². The molecule has 0 saturated carbocycles. The number of carbonyl (C=O) groups is 1. The minimum Gasteiger partial charge on any atom is -0.493 e. The lowest BCUT2D eigenvalue weighted by Crippen LogP contribution is -2.15. The van der Waals surface area contributed by atoms with Crippen molar-refractivity contribution in [3.63, 3.8) is 0 Å². The van der Waals surface area contributed by atoms with Crippen molar-refractivity contribution in [2.75, 3.05) is 26.6 Å². The molecule has 0 aliphatic rings. The van der Waals surface area contributed by atoms with E-state index in [0.29, 0.717) is 28.9 Å². The number of ether oxygens (including phenoxy) is 3. The van der Waals surface area contributed by atoms with Crippen LogP contribution in [0.1, 0.15) is 5.69 Å². The van der Waals surface area contributed by atoms with E-state index >= 15 is 0 Å². The number of aromatic nitrogens is 3. The number of benzene rings is 1. The molecule has 3 rings (SSSR count). The minimum absolute atomic E-state index is 0.135. The summed E-state index contributed by atoms with van der Waals surface area (Å²) in [6.45, 7) is 0. The highest BCUT2D eigenvalue weighted by Crippen LogP contribution is 2.33. The number of thiazole rings is 1. The number of nitrogens with one attached hydrogen (secondary N) is 1. The minimum atomic E-state index is -0.222. The fraction of sp³-hybridized carbons (Fsp3) is 0.222. The van der Waals surface area contributed by atoms with Crippen molar-refractivity contribution in [1.82, 2.24) is 15.0 Å². The topological polar surface area (TPSA) is 95.5 Å². The molecule has 0 bridgehead atoms. The number of methoxy groups -OCH3 is 3. The first-order chi connectivity index (χ1) is 13.1. The first-order valence-electron chi connectivity index (χ1n) is 7.95. The van der Waals surface area contributed by atoms with Crippen molar-refractivity contribution in [2.45, 2.75) is 6.42 Å². The third-order valence-corrected chi connectivity index (χ3v) is 4.58. The third kappa shape index (κ3) is 4.50. The summed E-state index contributed by atoms with van der Waals surface area (Å²) in [5, 5.41) is 5.35. The van der Waals surface area contributed by atoms with Crippen molar-refractivity contribution < 1.29 is 19.0 Å². The van der Waals surface area contributed by atoms with Crippen LogP contribution in [-0.4, -0.2) is 42.2 Å². The predicted octanol–water partition coefficient (Wildman–Crippen LogP) is 2.81. The SMILES string of the molecule is COc1cc(NC(=O)Cc2csc(-c3ccc(OC)c(OC)c3)n2)ncn1. The lowest BCUT2D eigenvalue weighted by Gasteiger charge is -2.08. The van der Waals surface area contributed by atoms with Gasteiger partial charge in [0.05, 0.1) is 33.4 Å². The van der Waals surface area contributed by atoms with Gasteiger partial charge in [0, 0.05) is 17.0 Å². The molecule has 140 valence electrons. The standard InChI is InChI=1S/C18H18N4O4S/c1-24-13-5-4-11(6-14(13)25-2)18-21-12(9-27-18)7-16(23)22-15-8-17(26-3)20-10-19-15/h4-6,8-10H,7H2,1-3H3,(H,19,20,22,23). The molecule has 0 aliphatic carbocycles. The molecule has 0 saturated heterocycles. The molecule has 1 aromatic carbocycles. The molecule has 27 heavy (non-hydrogen) atoms. The van der Waals surface area contributed by atoms with Crippen LogP contribution in [0.25, 0.3) is 10.6 Å². The monoisotopic (exact) mass is 386 g/mol. The van der Waals surface area contributed by atoms with Crippen molar-refractivity contribution in [3.8, 4) is 28.0 Å². The van der Waals surface area contributed by atoms with Crippen LogP contribution in [0.2, 0.25) is 0 Å². The lowest BCUT2D eigenvalue weighted by molar-refractivity contribution is -0.115. The molecule has 0 radical (unpaired) electrons. The van der Waals surface area contributed by atoms with Gasteiger partial charge in [0.15, 0.2) is 11.5 Å². The van der Waals surface area contributed by atoms with Crippen LogP contribution in [0.15, 0.2) is 36.0 Å². The Morgan fingerprint density at radius 1 is 1.07 bits per heavy atom. The number of carbonyl (C=O) groups excluding carboxylic acids is 1. The highest BCUT2D eigenvalue weighted by molar-refractivity contribution is 7.13. The van der Waals surface area contributed by atoms with Gasteiger partial charge in [-0.1, -0.05) is 0 Å². The summed E-state index contributed by atoms with van der Waals surface area (Å²) >= 11 is 1.46. The zero-order chi connectivity index (χ0) is 19.2. The average Bonchev–Trinajstić information content (AvgIpc) is 3.15. The molecule has 1 amide bonds. The summed E-state index contributed by atoms with van der Waals surface area (Å²) in [4.78, 5) is 24.6. The fourth-order valence-corrected chi connectivity index (χ4v) is 3.18. The molecule has 2 aromatic heterocycles. The largest absolute Gasteiger partial charge is 0.493 e. The number of rotatable bonds is 7. The molecular formula is C18H18N4O4S. The first kappa shape index (κ1) is 18.6. The lowest BCUT2D eigenvalue weighted by atomic mass is 10.2. The Labute approximate surface area is 160 Å². The Morgan fingerprint density at radius 3 is 2.63 bits per heavy atom. The maximum atomic E-state index is 12.2. The summed E-state index contributed by atoms with van der Waals surface area (Å²) in [6, 6.07) is 7.13. The summed E-state index contributed by atoms with van der Waals surface area (Å²) in [5.74, 6) is 1.81. The molecule has 3 aromatic rings. The maximum Gasteiger partial charge on any atom is 0.231 e. The van der Waals surface area contributed by atoms with Gasteiger partial charge in [-0.2, -0.15) is 0 Å². The van der Waals surface area contributed by atoms with Gasteiger partial charge in [-0.25, -0.2) is 15.0 Å². The quantitative estimate of drug-likeness (QED) is 0.667. The summed E-state index contributed by atoms with van der Waals surface area (Å²) in [6.07, 6.45) is 1.46. The van der Waals surface area contributed by atoms with Crippen LogP contribution in [0.4, 0.5) is 5.82 Å². The Hall–Kier alpha value is -3.20. The average molecular weight is 386 g/mol. The second kappa shape index (κ2) is 8.45. The van der Waals surface area contributed by atoms with Gasteiger partial charge in [0.25, 0.3) is 0 Å². The van der Waals surface area contributed by atoms with Gasteiger partial charge < -0.3 is 19.5 Å². The zero-order valence-corrected chi connectivity index (χ0v) is 15.9. The van der Waals surface area contributed by atoms with Gasteiger partial charge in [0.1, 0.15) is 17.2 Å². The van der Waals surface area contributed by atoms with E-state index in [0.717, 1.165) is 10.6 Å². The molecule has 2 heterocycles. The van der Waals surface area contributed by atoms with Crippen LogP contribution in [0.3, 0.4) is 0 Å². The van der Waals surface area contributed by atoms with Gasteiger partial charge in [-0.05, 0) is 18.2 Å². The molecule has 0 fully saturated rings. The first-order valence-corrected chi connectivity index (χ1v) is 8.83. The molecule has 0 aliphatic heterocycles. The van der Waals surface area contributed by atoms with Crippen LogP contribution in [0.5, 0.6) is 17.4 Å². The fourth-order valence-electron chi connectivity index (χ4n) is 2.36.